The number of aromatic nitrogens is 2. The molecule has 5 rings (SSSR count). The van der Waals surface area contributed by atoms with Crippen LogP contribution in [-0.4, -0.2) is 39.8 Å². The lowest BCUT2D eigenvalue weighted by atomic mass is 9.44. The molecule has 4 fully saturated rings. The maximum absolute atomic E-state index is 13.4. The molecule has 1 N–H and O–H groups in total. The molecule has 0 spiro atoms. The Labute approximate surface area is 193 Å². The SMILES string of the molecule is COC[C@@]1(O)CC[C@@]2(C)[C@@H](CC[C@@H]3[C@@H]2CC[C@]2(C)[C@@H](C(=O)Cn4ccnc4C)CC[C@@H]32)C1. The van der Waals surface area contributed by atoms with Crippen molar-refractivity contribution in [3.63, 3.8) is 0 Å². The number of hydrogen-bond donors (Lipinski definition) is 1. The number of nitrogens with zero attached hydrogens (tertiary/aromatic N) is 2. The van der Waals surface area contributed by atoms with Crippen molar-refractivity contribution in [2.24, 2.45) is 40.4 Å². The van der Waals surface area contributed by atoms with Gasteiger partial charge in [0.1, 0.15) is 5.82 Å². The topological polar surface area (TPSA) is 64.3 Å². The van der Waals surface area contributed by atoms with E-state index in [1.807, 2.05) is 17.7 Å². The summed E-state index contributed by atoms with van der Waals surface area (Å²) in [7, 11) is 1.70. The number of hydrogen-bond acceptors (Lipinski definition) is 4. The normalized spacial score (nSPS) is 45.7. The molecule has 32 heavy (non-hydrogen) atoms. The highest BCUT2D eigenvalue weighted by atomic mass is 16.5. The number of carbonyl (C=O) groups excluding carboxylic acids is 1. The highest BCUT2D eigenvalue weighted by Crippen LogP contribution is 2.68. The maximum Gasteiger partial charge on any atom is 0.156 e. The lowest BCUT2D eigenvalue weighted by Crippen LogP contribution is -2.56. The van der Waals surface area contributed by atoms with Gasteiger partial charge in [0.25, 0.3) is 0 Å². The van der Waals surface area contributed by atoms with E-state index in [-0.39, 0.29) is 11.3 Å². The number of fused-ring (bicyclic) bond motifs is 5. The summed E-state index contributed by atoms with van der Waals surface area (Å²) in [6.07, 6.45) is 13.8. The third-order valence-corrected chi connectivity index (χ3v) is 10.9. The second kappa shape index (κ2) is 7.94. The zero-order valence-corrected chi connectivity index (χ0v) is 20.5. The summed E-state index contributed by atoms with van der Waals surface area (Å²) < 4.78 is 7.38. The number of aryl methyl sites for hydroxylation is 1. The molecule has 5 nitrogen and oxygen atoms in total. The molecule has 0 aromatic carbocycles. The van der Waals surface area contributed by atoms with E-state index in [0.29, 0.717) is 36.2 Å². The zero-order chi connectivity index (χ0) is 22.7. The van der Waals surface area contributed by atoms with E-state index >= 15 is 0 Å². The molecule has 5 heteroatoms. The van der Waals surface area contributed by atoms with Crippen molar-refractivity contribution >= 4 is 5.78 Å². The fourth-order valence-electron chi connectivity index (χ4n) is 9.10. The van der Waals surface area contributed by atoms with Crippen LogP contribution in [0.3, 0.4) is 0 Å². The predicted octanol–water partition coefficient (Wildman–Crippen LogP) is 4.80. The molecule has 0 saturated heterocycles. The van der Waals surface area contributed by atoms with Crippen molar-refractivity contribution < 1.29 is 14.6 Å². The Bertz CT molecular complexity index is 867. The minimum Gasteiger partial charge on any atom is -0.387 e. The molecule has 0 amide bonds. The third-order valence-electron chi connectivity index (χ3n) is 10.9. The van der Waals surface area contributed by atoms with Crippen LogP contribution in [-0.2, 0) is 16.1 Å². The van der Waals surface area contributed by atoms with Crippen LogP contribution in [0.25, 0.3) is 0 Å². The van der Waals surface area contributed by atoms with Gasteiger partial charge in [-0.25, -0.2) is 4.98 Å². The van der Waals surface area contributed by atoms with Crippen LogP contribution in [0.5, 0.6) is 0 Å². The lowest BCUT2D eigenvalue weighted by Gasteiger charge is -2.62. The van der Waals surface area contributed by atoms with Crippen molar-refractivity contribution in [3.05, 3.63) is 18.2 Å². The molecule has 4 aliphatic carbocycles. The summed E-state index contributed by atoms with van der Waals surface area (Å²) >= 11 is 0. The molecule has 4 saturated carbocycles. The lowest BCUT2D eigenvalue weighted by molar-refractivity contribution is -0.164. The van der Waals surface area contributed by atoms with E-state index < -0.39 is 5.60 Å². The summed E-state index contributed by atoms with van der Waals surface area (Å²) in [5.74, 6) is 4.31. The van der Waals surface area contributed by atoms with Crippen molar-refractivity contribution in [1.29, 1.82) is 0 Å². The number of Topliss-reactive ketones (excluding diaryl/α,β-unsaturated/α-hetero) is 1. The third kappa shape index (κ3) is 3.41. The molecule has 1 aromatic rings. The Balaban J connectivity index is 1.33. The Morgan fingerprint density at radius 1 is 1.12 bits per heavy atom. The molecule has 0 bridgehead atoms. The van der Waals surface area contributed by atoms with Crippen molar-refractivity contribution in [1.82, 2.24) is 9.55 Å². The van der Waals surface area contributed by atoms with Crippen LogP contribution in [0, 0.1) is 47.3 Å². The van der Waals surface area contributed by atoms with E-state index in [1.54, 1.807) is 13.3 Å². The molecular weight excluding hydrogens is 400 g/mol. The Kier molecular flexibility index (Phi) is 5.60. The van der Waals surface area contributed by atoms with E-state index in [1.165, 1.54) is 32.1 Å². The van der Waals surface area contributed by atoms with Gasteiger partial charge >= 0.3 is 0 Å². The fourth-order valence-corrected chi connectivity index (χ4v) is 9.10. The highest BCUT2D eigenvalue weighted by Gasteiger charge is 2.62. The van der Waals surface area contributed by atoms with E-state index in [9.17, 15) is 9.90 Å². The predicted molar refractivity (Wildman–Crippen MR) is 124 cm³/mol. The van der Waals surface area contributed by atoms with Crippen LogP contribution in [0.2, 0.25) is 0 Å². The van der Waals surface area contributed by atoms with Crippen LogP contribution >= 0.6 is 0 Å². The Morgan fingerprint density at radius 2 is 1.91 bits per heavy atom. The van der Waals surface area contributed by atoms with Gasteiger partial charge in [-0.05, 0) is 99.2 Å². The standard InChI is InChI=1S/C27H42N2O3/c1-18-28-13-14-29(18)16-24(30)23-8-7-21-20-6-5-19-15-27(31,17-32-4)12-11-25(19,2)22(20)9-10-26(21,23)3/h13-14,19-23,31H,5-12,15-17H2,1-4H3/t19-,20-,21-,22-,23+,25-,26-,27+/m0/s1. The van der Waals surface area contributed by atoms with Gasteiger partial charge in [0.2, 0.25) is 0 Å². The van der Waals surface area contributed by atoms with Crippen LogP contribution in [0.15, 0.2) is 12.4 Å². The van der Waals surface area contributed by atoms with Crippen molar-refractivity contribution in [2.45, 2.75) is 90.7 Å². The molecule has 1 heterocycles. The number of aliphatic hydroxyl groups is 1. The molecule has 0 aliphatic heterocycles. The molecule has 1 aromatic heterocycles. The highest BCUT2D eigenvalue weighted by molar-refractivity contribution is 5.82. The van der Waals surface area contributed by atoms with Crippen molar-refractivity contribution in [3.8, 4) is 0 Å². The summed E-state index contributed by atoms with van der Waals surface area (Å²) in [6.45, 7) is 7.90. The monoisotopic (exact) mass is 442 g/mol. The summed E-state index contributed by atoms with van der Waals surface area (Å²) in [4.78, 5) is 17.7. The number of carbonyl (C=O) groups is 1. The molecule has 0 radical (unpaired) electrons. The minimum absolute atomic E-state index is 0.154. The van der Waals surface area contributed by atoms with Gasteiger partial charge in [0, 0.05) is 25.4 Å². The molecule has 0 unspecified atom stereocenters. The second-order valence-electron chi connectivity index (χ2n) is 12.3. The van der Waals surface area contributed by atoms with Crippen molar-refractivity contribution in [2.75, 3.05) is 13.7 Å². The van der Waals surface area contributed by atoms with Gasteiger partial charge in [0.05, 0.1) is 18.8 Å². The molecule has 8 atom stereocenters. The number of rotatable bonds is 5. The first kappa shape index (κ1) is 22.6. The Hall–Kier alpha value is -1.20. The van der Waals surface area contributed by atoms with Gasteiger partial charge in [-0.2, -0.15) is 0 Å². The maximum atomic E-state index is 13.4. The van der Waals surface area contributed by atoms with Crippen LogP contribution in [0.4, 0.5) is 0 Å². The van der Waals surface area contributed by atoms with Gasteiger partial charge in [-0.3, -0.25) is 4.79 Å². The van der Waals surface area contributed by atoms with Gasteiger partial charge in [-0.1, -0.05) is 13.8 Å². The van der Waals surface area contributed by atoms with E-state index in [2.05, 4.69) is 18.8 Å². The van der Waals surface area contributed by atoms with Crippen LogP contribution in [0.1, 0.15) is 77.5 Å². The van der Waals surface area contributed by atoms with Gasteiger partial charge in [0.15, 0.2) is 5.78 Å². The number of imidazole rings is 1. The second-order valence-corrected chi connectivity index (χ2v) is 12.3. The first-order valence-electron chi connectivity index (χ1n) is 12.9. The number of ketones is 1. The van der Waals surface area contributed by atoms with E-state index in [4.69, 9.17) is 4.74 Å². The fraction of sp³-hybridized carbons (Fsp3) is 0.852. The molecule has 4 aliphatic rings. The summed E-state index contributed by atoms with van der Waals surface area (Å²) in [5, 5.41) is 11.1. The van der Waals surface area contributed by atoms with E-state index in [0.717, 1.165) is 43.3 Å². The first-order valence-corrected chi connectivity index (χ1v) is 12.9. The van der Waals surface area contributed by atoms with Gasteiger partial charge < -0.3 is 14.4 Å². The number of ether oxygens (including phenoxy) is 1. The average Bonchev–Trinajstić information content (AvgIpc) is 3.31. The smallest absolute Gasteiger partial charge is 0.156 e. The van der Waals surface area contributed by atoms with Crippen LogP contribution < -0.4 is 0 Å². The zero-order valence-electron chi connectivity index (χ0n) is 20.5. The number of methoxy groups -OCH3 is 1. The quantitative estimate of drug-likeness (QED) is 0.712. The summed E-state index contributed by atoms with van der Waals surface area (Å²) in [6, 6.07) is 0. The minimum atomic E-state index is -0.634. The Morgan fingerprint density at radius 3 is 2.62 bits per heavy atom. The molecular formula is C27H42N2O3. The first-order chi connectivity index (χ1) is 15.2. The van der Waals surface area contributed by atoms with Gasteiger partial charge in [-0.15, -0.1) is 0 Å². The molecule has 178 valence electrons. The average molecular weight is 443 g/mol. The largest absolute Gasteiger partial charge is 0.387 e. The summed E-state index contributed by atoms with van der Waals surface area (Å²) in [5.41, 5.74) is -0.146.